The van der Waals surface area contributed by atoms with Gasteiger partial charge in [0.2, 0.25) is 5.91 Å². The van der Waals surface area contributed by atoms with E-state index in [1.54, 1.807) is 11.3 Å². The summed E-state index contributed by atoms with van der Waals surface area (Å²) in [6, 6.07) is 19.0. The molecule has 3 nitrogen and oxygen atoms in total. The summed E-state index contributed by atoms with van der Waals surface area (Å²) in [6.07, 6.45) is 1.35. The second-order valence-electron chi connectivity index (χ2n) is 6.58. The molecule has 2 aromatic carbocycles. The number of hydrogen-bond acceptors (Lipinski definition) is 3. The van der Waals surface area contributed by atoms with E-state index in [1.165, 1.54) is 15.6 Å². The van der Waals surface area contributed by atoms with Gasteiger partial charge in [0, 0.05) is 17.3 Å². The van der Waals surface area contributed by atoms with Crippen LogP contribution in [0.2, 0.25) is 0 Å². The lowest BCUT2D eigenvalue weighted by molar-refractivity contribution is -0.120. The molecule has 130 valence electrons. The van der Waals surface area contributed by atoms with Crippen molar-refractivity contribution in [3.8, 4) is 0 Å². The Hall–Kier alpha value is -2.17. The van der Waals surface area contributed by atoms with E-state index in [0.717, 1.165) is 12.0 Å². The highest BCUT2D eigenvalue weighted by molar-refractivity contribution is 7.17. The zero-order valence-electron chi connectivity index (χ0n) is 14.7. The number of amides is 1. The maximum absolute atomic E-state index is 12.3. The van der Waals surface area contributed by atoms with Crippen molar-refractivity contribution in [3.05, 3.63) is 71.1 Å². The molecule has 1 aromatic heterocycles. The first-order valence-corrected chi connectivity index (χ1v) is 9.43. The zero-order chi connectivity index (χ0) is 17.6. The fourth-order valence-electron chi connectivity index (χ4n) is 2.93. The van der Waals surface area contributed by atoms with Crippen molar-refractivity contribution in [1.82, 2.24) is 10.2 Å². The third kappa shape index (κ3) is 4.91. The number of thiophene rings is 1. The number of nitrogens with zero attached hydrogens (tertiary/aromatic N) is 1. The molecule has 4 heteroatoms. The Labute approximate surface area is 153 Å². The number of carbonyl (C=O) groups excluding carboxylic acids is 1. The Kier molecular flexibility index (Phi) is 5.84. The van der Waals surface area contributed by atoms with E-state index in [4.69, 9.17) is 0 Å². The number of benzene rings is 2. The van der Waals surface area contributed by atoms with E-state index in [-0.39, 0.29) is 11.9 Å². The molecule has 3 rings (SSSR count). The minimum atomic E-state index is 0.0782. The first-order chi connectivity index (χ1) is 12.1. The van der Waals surface area contributed by atoms with E-state index >= 15 is 0 Å². The summed E-state index contributed by atoms with van der Waals surface area (Å²) < 4.78 is 1.26. The summed E-state index contributed by atoms with van der Waals surface area (Å²) in [5.74, 6) is 0.0782. The molecule has 0 saturated carbocycles. The minimum absolute atomic E-state index is 0.0782. The summed E-state index contributed by atoms with van der Waals surface area (Å²) in [6.45, 7) is 0.654. The molecule has 0 bridgehead atoms. The van der Waals surface area contributed by atoms with Gasteiger partial charge < -0.3 is 10.2 Å². The van der Waals surface area contributed by atoms with Crippen molar-refractivity contribution in [2.75, 3.05) is 20.6 Å². The van der Waals surface area contributed by atoms with Crippen molar-refractivity contribution in [3.63, 3.8) is 0 Å². The molecule has 0 aliphatic rings. The van der Waals surface area contributed by atoms with Crippen molar-refractivity contribution in [2.24, 2.45) is 0 Å². The van der Waals surface area contributed by atoms with Crippen LogP contribution in [-0.4, -0.2) is 37.5 Å². The smallest absolute Gasteiger partial charge is 0.224 e. The van der Waals surface area contributed by atoms with Crippen LogP contribution in [0, 0.1) is 0 Å². The number of carbonyl (C=O) groups is 1. The third-order valence-corrected chi connectivity index (χ3v) is 5.36. The van der Waals surface area contributed by atoms with Gasteiger partial charge in [-0.15, -0.1) is 11.3 Å². The zero-order valence-corrected chi connectivity index (χ0v) is 15.6. The molecule has 1 heterocycles. The van der Waals surface area contributed by atoms with E-state index in [1.807, 2.05) is 12.1 Å². The maximum atomic E-state index is 12.3. The van der Waals surface area contributed by atoms with Crippen LogP contribution in [0.15, 0.2) is 60.0 Å². The van der Waals surface area contributed by atoms with Gasteiger partial charge in [0.05, 0.1) is 6.42 Å². The van der Waals surface area contributed by atoms with Gasteiger partial charge in [-0.3, -0.25) is 4.79 Å². The van der Waals surface area contributed by atoms with Crippen LogP contribution in [0.5, 0.6) is 0 Å². The average Bonchev–Trinajstić information content (AvgIpc) is 3.07. The van der Waals surface area contributed by atoms with Gasteiger partial charge in [-0.05, 0) is 60.6 Å². The Morgan fingerprint density at radius 1 is 1.08 bits per heavy atom. The Bertz CT molecular complexity index is 826. The van der Waals surface area contributed by atoms with Crippen molar-refractivity contribution < 1.29 is 4.79 Å². The second-order valence-corrected chi connectivity index (χ2v) is 7.53. The molecule has 0 aliphatic carbocycles. The normalized spacial score (nSPS) is 12.4. The lowest BCUT2D eigenvalue weighted by Crippen LogP contribution is -2.42. The SMILES string of the molecule is CN(C)C(CNC(=O)Cc1ccc2sccc2c1)Cc1ccccc1. The molecular formula is C21H24N2OS. The predicted octanol–water partition coefficient (Wildman–Crippen LogP) is 3.73. The number of likely N-dealkylation sites (N-methyl/N-ethyl adjacent to an activating group) is 1. The van der Waals surface area contributed by atoms with Gasteiger partial charge in [0.25, 0.3) is 0 Å². The Morgan fingerprint density at radius 3 is 2.64 bits per heavy atom. The molecule has 0 radical (unpaired) electrons. The number of nitrogens with one attached hydrogen (secondary N) is 1. The van der Waals surface area contributed by atoms with Gasteiger partial charge in [-0.25, -0.2) is 0 Å². The fraction of sp³-hybridized carbons (Fsp3) is 0.286. The van der Waals surface area contributed by atoms with Crippen LogP contribution in [0.4, 0.5) is 0 Å². The van der Waals surface area contributed by atoms with Gasteiger partial charge in [-0.1, -0.05) is 36.4 Å². The molecule has 0 fully saturated rings. The molecule has 1 N–H and O–H groups in total. The van der Waals surface area contributed by atoms with Gasteiger partial charge >= 0.3 is 0 Å². The summed E-state index contributed by atoms with van der Waals surface area (Å²) in [5, 5.41) is 6.39. The molecule has 25 heavy (non-hydrogen) atoms. The highest BCUT2D eigenvalue weighted by Gasteiger charge is 2.14. The Balaban J connectivity index is 1.55. The van der Waals surface area contributed by atoms with Crippen LogP contribution >= 0.6 is 11.3 Å². The van der Waals surface area contributed by atoms with Crippen molar-refractivity contribution in [1.29, 1.82) is 0 Å². The second kappa shape index (κ2) is 8.28. The molecular weight excluding hydrogens is 328 g/mol. The van der Waals surface area contributed by atoms with Gasteiger partial charge in [0.15, 0.2) is 0 Å². The first kappa shape index (κ1) is 17.6. The number of fused-ring (bicyclic) bond motifs is 1. The fourth-order valence-corrected chi connectivity index (χ4v) is 3.70. The van der Waals surface area contributed by atoms with E-state index in [0.29, 0.717) is 13.0 Å². The molecule has 1 unspecified atom stereocenters. The summed E-state index contributed by atoms with van der Waals surface area (Å²) >= 11 is 1.73. The first-order valence-electron chi connectivity index (χ1n) is 8.55. The van der Waals surface area contributed by atoms with Crippen LogP contribution in [-0.2, 0) is 17.6 Å². The lowest BCUT2D eigenvalue weighted by atomic mass is 10.0. The van der Waals surface area contributed by atoms with Crippen LogP contribution in [0.1, 0.15) is 11.1 Å². The number of rotatable bonds is 7. The third-order valence-electron chi connectivity index (χ3n) is 4.46. The number of hydrogen-bond donors (Lipinski definition) is 1. The summed E-state index contributed by atoms with van der Waals surface area (Å²) in [7, 11) is 4.12. The molecule has 0 saturated heterocycles. The van der Waals surface area contributed by atoms with Gasteiger partial charge in [0.1, 0.15) is 0 Å². The van der Waals surface area contributed by atoms with E-state index < -0.39 is 0 Å². The molecule has 0 spiro atoms. The average molecular weight is 353 g/mol. The van der Waals surface area contributed by atoms with E-state index in [9.17, 15) is 4.79 Å². The highest BCUT2D eigenvalue weighted by Crippen LogP contribution is 2.21. The van der Waals surface area contributed by atoms with Crippen LogP contribution in [0.25, 0.3) is 10.1 Å². The predicted molar refractivity (Wildman–Crippen MR) is 106 cm³/mol. The molecule has 1 atom stereocenters. The highest BCUT2D eigenvalue weighted by atomic mass is 32.1. The van der Waals surface area contributed by atoms with Crippen LogP contribution < -0.4 is 5.32 Å². The van der Waals surface area contributed by atoms with Gasteiger partial charge in [-0.2, -0.15) is 0 Å². The minimum Gasteiger partial charge on any atom is -0.354 e. The van der Waals surface area contributed by atoms with Crippen LogP contribution in [0.3, 0.4) is 0 Å². The summed E-state index contributed by atoms with van der Waals surface area (Å²) in [5.41, 5.74) is 2.35. The maximum Gasteiger partial charge on any atom is 0.224 e. The molecule has 3 aromatic rings. The lowest BCUT2D eigenvalue weighted by Gasteiger charge is -2.24. The Morgan fingerprint density at radius 2 is 1.88 bits per heavy atom. The van der Waals surface area contributed by atoms with Crippen molar-refractivity contribution in [2.45, 2.75) is 18.9 Å². The summed E-state index contributed by atoms with van der Waals surface area (Å²) in [4.78, 5) is 14.5. The molecule has 1 amide bonds. The van der Waals surface area contributed by atoms with E-state index in [2.05, 4.69) is 72.2 Å². The monoisotopic (exact) mass is 352 g/mol. The van der Waals surface area contributed by atoms with Crippen molar-refractivity contribution >= 4 is 27.3 Å². The standard InChI is InChI=1S/C21H24N2OS/c1-23(2)19(13-16-6-4-3-5-7-16)15-22-21(24)14-17-8-9-20-18(12-17)10-11-25-20/h3-12,19H,13-15H2,1-2H3,(H,22,24). The largest absolute Gasteiger partial charge is 0.354 e. The quantitative estimate of drug-likeness (QED) is 0.703. The molecule has 0 aliphatic heterocycles. The topological polar surface area (TPSA) is 32.3 Å².